The van der Waals surface area contributed by atoms with Gasteiger partial charge in [-0.05, 0) is 0 Å². The highest BCUT2D eigenvalue weighted by Crippen LogP contribution is 2.07. The number of rotatable bonds is 3. The summed E-state index contributed by atoms with van der Waals surface area (Å²) in [6.45, 7) is 0. The van der Waals surface area contributed by atoms with E-state index in [0.29, 0.717) is 0 Å². The molecule has 0 aromatic carbocycles. The first-order valence-corrected chi connectivity index (χ1v) is 4.24. The van der Waals surface area contributed by atoms with Gasteiger partial charge in [-0.1, -0.05) is 23.2 Å². The molecule has 0 saturated heterocycles. The number of nitrogens with one attached hydrogen (secondary N) is 1. The maximum absolute atomic E-state index is 10.6. The molecule has 3 nitrogen and oxygen atoms in total. The third kappa shape index (κ3) is 4.93. The zero-order chi connectivity index (χ0) is 9.02. The van der Waals surface area contributed by atoms with Crippen LogP contribution in [0.2, 0.25) is 0 Å². The third-order valence-corrected chi connectivity index (χ3v) is 1.60. The van der Waals surface area contributed by atoms with Gasteiger partial charge >= 0.3 is 0 Å². The molecule has 0 radical (unpaired) electrons. The smallest absolute Gasteiger partial charge is 0.255 e. The summed E-state index contributed by atoms with van der Waals surface area (Å²) in [4.78, 5) is 8.26. The Labute approximate surface area is 83.6 Å². The number of amides is 1. The first-order valence-electron chi connectivity index (χ1n) is 2.50. The highest BCUT2D eigenvalue weighted by atomic mass is 35.5. The molecular weight excluding hydrogens is 236 g/mol. The van der Waals surface area contributed by atoms with E-state index in [4.69, 9.17) is 51.5 Å². The minimum absolute atomic E-state index is 0.743. The lowest BCUT2D eigenvalue weighted by atomic mass is 10.6. The third-order valence-electron chi connectivity index (χ3n) is 0.727. The molecule has 0 saturated carbocycles. The van der Waals surface area contributed by atoms with Crippen LogP contribution in [0.15, 0.2) is 0 Å². The summed E-state index contributed by atoms with van der Waals surface area (Å²) in [5.74, 6) is -0.743. The molecule has 66 valence electrons. The van der Waals surface area contributed by atoms with Crippen LogP contribution in [0.4, 0.5) is 0 Å². The van der Waals surface area contributed by atoms with Crippen molar-refractivity contribution in [2.75, 3.05) is 0 Å². The van der Waals surface area contributed by atoms with Crippen molar-refractivity contribution in [2.45, 2.75) is 15.9 Å². The monoisotopic (exact) mass is 239 g/mol. The summed E-state index contributed by atoms with van der Waals surface area (Å²) < 4.78 is 0. The summed E-state index contributed by atoms with van der Waals surface area (Å²) in [5.41, 5.74) is 0. The lowest BCUT2D eigenvalue weighted by molar-refractivity contribution is -0.122. The molecule has 0 spiro atoms. The van der Waals surface area contributed by atoms with E-state index in [9.17, 15) is 4.79 Å². The van der Waals surface area contributed by atoms with E-state index < -0.39 is 21.8 Å². The second-order valence-electron chi connectivity index (χ2n) is 1.59. The molecule has 1 amide bonds. The highest BCUT2D eigenvalue weighted by molar-refractivity contribution is 6.53. The molecule has 1 atom stereocenters. The van der Waals surface area contributed by atoms with Crippen molar-refractivity contribution < 1.29 is 9.90 Å². The largest absolute Gasteiger partial charge is 0.371 e. The average Bonchev–Trinajstić information content (AvgIpc) is 1.87. The Balaban J connectivity index is 3.76. The van der Waals surface area contributed by atoms with Gasteiger partial charge in [0.05, 0.1) is 0 Å². The predicted octanol–water partition coefficient (Wildman–Crippen LogP) is 1.03. The number of aliphatic hydroxyl groups excluding tert-OH is 1. The Hall–Kier alpha value is 0.590. The second kappa shape index (κ2) is 5.27. The quantitative estimate of drug-likeness (QED) is 0.572. The number of carbonyl (C=O) groups is 1. The van der Waals surface area contributed by atoms with Crippen LogP contribution in [-0.2, 0) is 4.79 Å². The van der Waals surface area contributed by atoms with E-state index in [1.165, 1.54) is 0 Å². The molecule has 0 fully saturated rings. The van der Waals surface area contributed by atoms with Crippen LogP contribution < -0.4 is 5.32 Å². The van der Waals surface area contributed by atoms with Gasteiger partial charge in [0.25, 0.3) is 5.91 Å². The maximum atomic E-state index is 10.6. The molecule has 11 heavy (non-hydrogen) atoms. The van der Waals surface area contributed by atoms with Crippen molar-refractivity contribution in [2.24, 2.45) is 0 Å². The molecule has 0 aliphatic heterocycles. The summed E-state index contributed by atoms with van der Waals surface area (Å²) in [7, 11) is 0. The average molecular weight is 241 g/mol. The normalized spacial score (nSPS) is 13.7. The van der Waals surface area contributed by atoms with Crippen LogP contribution in [0.25, 0.3) is 0 Å². The minimum Gasteiger partial charge on any atom is -0.371 e. The Morgan fingerprint density at radius 1 is 1.27 bits per heavy atom. The number of hydrogen-bond acceptors (Lipinski definition) is 2. The van der Waals surface area contributed by atoms with Crippen LogP contribution >= 0.6 is 46.4 Å². The van der Waals surface area contributed by atoms with Gasteiger partial charge < -0.3 is 10.4 Å². The summed E-state index contributed by atoms with van der Waals surface area (Å²) in [6, 6.07) is 0. The number of alkyl halides is 4. The zero-order valence-electron chi connectivity index (χ0n) is 5.10. The fraction of sp³-hybridized carbons (Fsp3) is 0.750. The van der Waals surface area contributed by atoms with Gasteiger partial charge in [-0.3, -0.25) is 4.79 Å². The molecule has 0 aliphatic rings. The van der Waals surface area contributed by atoms with Crippen molar-refractivity contribution in [1.82, 2.24) is 5.32 Å². The molecule has 0 heterocycles. The van der Waals surface area contributed by atoms with Crippen LogP contribution in [0.3, 0.4) is 0 Å². The van der Waals surface area contributed by atoms with Crippen molar-refractivity contribution >= 4 is 52.3 Å². The molecule has 1 unspecified atom stereocenters. The van der Waals surface area contributed by atoms with Crippen LogP contribution in [-0.4, -0.2) is 26.9 Å². The lowest BCUT2D eigenvalue weighted by Gasteiger charge is -2.13. The van der Waals surface area contributed by atoms with E-state index in [1.54, 1.807) is 0 Å². The standard InChI is InChI=1S/C4H5Cl4NO2/c5-1(6)3(10)9-4(11)2(7)8/h1-3,10H,(H,9,11). The number of hydrogen-bond donors (Lipinski definition) is 2. The topological polar surface area (TPSA) is 49.3 Å². The fourth-order valence-electron chi connectivity index (χ4n) is 0.272. The molecule has 0 rings (SSSR count). The van der Waals surface area contributed by atoms with Gasteiger partial charge in [-0.2, -0.15) is 0 Å². The van der Waals surface area contributed by atoms with Gasteiger partial charge in [0.15, 0.2) is 15.9 Å². The SMILES string of the molecule is O=C(NC(O)C(Cl)Cl)C(Cl)Cl. The molecule has 0 aliphatic carbocycles. The first kappa shape index (κ1) is 11.6. The lowest BCUT2D eigenvalue weighted by Crippen LogP contribution is -2.41. The van der Waals surface area contributed by atoms with Crippen molar-refractivity contribution in [1.29, 1.82) is 0 Å². The Morgan fingerprint density at radius 2 is 1.73 bits per heavy atom. The van der Waals surface area contributed by atoms with Crippen molar-refractivity contribution in [3.05, 3.63) is 0 Å². The van der Waals surface area contributed by atoms with Gasteiger partial charge in [-0.15, -0.1) is 23.2 Å². The predicted molar refractivity (Wildman–Crippen MR) is 45.1 cm³/mol. The number of halogens is 4. The first-order chi connectivity index (χ1) is 4.95. The summed E-state index contributed by atoms with van der Waals surface area (Å²) >= 11 is 20.6. The van der Waals surface area contributed by atoms with E-state index >= 15 is 0 Å². The van der Waals surface area contributed by atoms with Crippen molar-refractivity contribution in [3.63, 3.8) is 0 Å². The second-order valence-corrected chi connectivity index (χ2v) is 3.85. The van der Waals surface area contributed by atoms with E-state index in [-0.39, 0.29) is 0 Å². The van der Waals surface area contributed by atoms with Gasteiger partial charge in [0, 0.05) is 0 Å². The Kier molecular flexibility index (Phi) is 5.56. The molecule has 7 heteroatoms. The Bertz CT molecular complexity index is 140. The number of carbonyl (C=O) groups excluding carboxylic acids is 1. The zero-order valence-corrected chi connectivity index (χ0v) is 8.12. The molecular formula is C4H5Cl4NO2. The van der Waals surface area contributed by atoms with Gasteiger partial charge in [0.2, 0.25) is 0 Å². The summed E-state index contributed by atoms with van der Waals surface area (Å²) in [5, 5.41) is 10.8. The van der Waals surface area contributed by atoms with Crippen molar-refractivity contribution in [3.8, 4) is 0 Å². The van der Waals surface area contributed by atoms with Crippen LogP contribution in [0.1, 0.15) is 0 Å². The van der Waals surface area contributed by atoms with E-state index in [1.807, 2.05) is 5.32 Å². The van der Waals surface area contributed by atoms with Gasteiger partial charge in [-0.25, -0.2) is 0 Å². The molecule has 0 aromatic rings. The van der Waals surface area contributed by atoms with E-state index in [2.05, 4.69) is 0 Å². The van der Waals surface area contributed by atoms with Gasteiger partial charge in [0.1, 0.15) is 0 Å². The number of aliphatic hydroxyl groups is 1. The van der Waals surface area contributed by atoms with E-state index in [0.717, 1.165) is 0 Å². The molecule has 0 aromatic heterocycles. The van der Waals surface area contributed by atoms with Crippen LogP contribution in [0, 0.1) is 0 Å². The highest BCUT2D eigenvalue weighted by Gasteiger charge is 2.19. The maximum Gasteiger partial charge on any atom is 0.255 e. The minimum atomic E-state index is -1.36. The fourth-order valence-corrected chi connectivity index (χ4v) is 0.524. The summed E-state index contributed by atoms with van der Waals surface area (Å²) in [6.07, 6.45) is -1.36. The Morgan fingerprint density at radius 3 is 2.00 bits per heavy atom. The van der Waals surface area contributed by atoms with Crippen LogP contribution in [0.5, 0.6) is 0 Å². The molecule has 0 bridgehead atoms. The molecule has 2 N–H and O–H groups in total.